The lowest BCUT2D eigenvalue weighted by atomic mass is 10.2. The second kappa shape index (κ2) is 9.60. The first-order valence-corrected chi connectivity index (χ1v) is 10.7. The molecule has 0 fully saturated rings. The summed E-state index contributed by atoms with van der Waals surface area (Å²) in [6.07, 6.45) is 4.28. The van der Waals surface area contributed by atoms with Crippen LogP contribution in [0.4, 0.5) is 10.5 Å². The average Bonchev–Trinajstić information content (AvgIpc) is 3.41. The minimum Gasteiger partial charge on any atom is -0.497 e. The minimum atomic E-state index is -0.246. The van der Waals surface area contributed by atoms with E-state index in [2.05, 4.69) is 46.3 Å². The topological polar surface area (TPSA) is 81.3 Å². The Balaban J connectivity index is 1.28. The quantitative estimate of drug-likeness (QED) is 0.395. The molecule has 0 atom stereocenters. The predicted molar refractivity (Wildman–Crippen MR) is 126 cm³/mol. The van der Waals surface area contributed by atoms with Crippen molar-refractivity contribution in [3.05, 3.63) is 66.7 Å². The lowest BCUT2D eigenvalue weighted by Gasteiger charge is -2.10. The van der Waals surface area contributed by atoms with E-state index in [1.807, 2.05) is 42.5 Å². The van der Waals surface area contributed by atoms with Crippen molar-refractivity contribution in [2.75, 3.05) is 19.0 Å². The van der Waals surface area contributed by atoms with Gasteiger partial charge in [0, 0.05) is 47.9 Å². The highest BCUT2D eigenvalue weighted by molar-refractivity contribution is 5.92. The van der Waals surface area contributed by atoms with E-state index in [4.69, 9.17) is 9.15 Å². The lowest BCUT2D eigenvalue weighted by molar-refractivity contribution is 0.252. The molecule has 4 aromatic rings. The van der Waals surface area contributed by atoms with Crippen LogP contribution in [0.15, 0.2) is 65.4 Å². The van der Waals surface area contributed by atoms with Crippen LogP contribution in [0.25, 0.3) is 22.4 Å². The number of nitrogens with one attached hydrogen (secondary N) is 2. The first-order valence-electron chi connectivity index (χ1n) is 10.7. The zero-order valence-corrected chi connectivity index (χ0v) is 18.6. The number of urea groups is 1. The summed E-state index contributed by atoms with van der Waals surface area (Å²) >= 11 is 0. The fourth-order valence-corrected chi connectivity index (χ4v) is 3.60. The van der Waals surface area contributed by atoms with Crippen molar-refractivity contribution in [3.63, 3.8) is 0 Å². The summed E-state index contributed by atoms with van der Waals surface area (Å²) in [7, 11) is 1.63. The van der Waals surface area contributed by atoms with Gasteiger partial charge in [0.25, 0.3) is 0 Å². The number of carbonyl (C=O) groups is 1. The Morgan fingerprint density at radius 1 is 1.16 bits per heavy atom. The van der Waals surface area contributed by atoms with Gasteiger partial charge in [-0.25, -0.2) is 9.78 Å². The van der Waals surface area contributed by atoms with Gasteiger partial charge >= 0.3 is 6.03 Å². The SMILES string of the molecule is COc1ccc(-c2nc(CCNC(=O)Nc3ccc4c(ccn4CC(C)C)c3)co2)cc1. The van der Waals surface area contributed by atoms with Crippen LogP contribution >= 0.6 is 0 Å². The molecule has 166 valence electrons. The number of carbonyl (C=O) groups excluding carboxylic acids is 1. The highest BCUT2D eigenvalue weighted by Crippen LogP contribution is 2.23. The first-order chi connectivity index (χ1) is 15.5. The molecule has 7 heteroatoms. The molecule has 32 heavy (non-hydrogen) atoms. The third-order valence-corrected chi connectivity index (χ3v) is 5.15. The highest BCUT2D eigenvalue weighted by atomic mass is 16.5. The Morgan fingerprint density at radius 2 is 1.97 bits per heavy atom. The van der Waals surface area contributed by atoms with E-state index < -0.39 is 0 Å². The van der Waals surface area contributed by atoms with Crippen LogP contribution in [0.5, 0.6) is 5.75 Å². The molecular weight excluding hydrogens is 404 g/mol. The van der Waals surface area contributed by atoms with Gasteiger partial charge < -0.3 is 24.4 Å². The van der Waals surface area contributed by atoms with Crippen LogP contribution in [0, 0.1) is 5.92 Å². The van der Waals surface area contributed by atoms with Gasteiger partial charge in [-0.3, -0.25) is 0 Å². The predicted octanol–water partition coefficient (Wildman–Crippen LogP) is 5.33. The summed E-state index contributed by atoms with van der Waals surface area (Å²) in [5.74, 6) is 1.90. The maximum atomic E-state index is 12.3. The molecule has 0 radical (unpaired) electrons. The molecule has 0 saturated heterocycles. The van der Waals surface area contributed by atoms with E-state index in [-0.39, 0.29) is 6.03 Å². The second-order valence-electron chi connectivity index (χ2n) is 8.14. The van der Waals surface area contributed by atoms with E-state index >= 15 is 0 Å². The molecule has 0 aliphatic rings. The molecule has 2 N–H and O–H groups in total. The molecule has 2 aromatic carbocycles. The molecule has 0 unspecified atom stereocenters. The summed E-state index contributed by atoms with van der Waals surface area (Å²) in [6.45, 7) is 5.82. The molecule has 0 bridgehead atoms. The van der Waals surface area contributed by atoms with Crippen molar-refractivity contribution in [1.82, 2.24) is 14.9 Å². The number of ether oxygens (including phenoxy) is 1. The van der Waals surface area contributed by atoms with E-state index in [1.54, 1.807) is 13.4 Å². The number of amides is 2. The van der Waals surface area contributed by atoms with Crippen molar-refractivity contribution in [3.8, 4) is 17.2 Å². The first kappa shape index (κ1) is 21.5. The number of benzene rings is 2. The smallest absolute Gasteiger partial charge is 0.319 e. The Morgan fingerprint density at radius 3 is 2.72 bits per heavy atom. The molecule has 0 aliphatic carbocycles. The Hall–Kier alpha value is -3.74. The maximum absolute atomic E-state index is 12.3. The fraction of sp³-hybridized carbons (Fsp3) is 0.280. The van der Waals surface area contributed by atoms with Crippen LogP contribution in [0.3, 0.4) is 0 Å². The number of methoxy groups -OCH3 is 1. The normalized spacial score (nSPS) is 11.1. The van der Waals surface area contributed by atoms with Crippen molar-refractivity contribution in [2.45, 2.75) is 26.8 Å². The number of fused-ring (bicyclic) bond motifs is 1. The maximum Gasteiger partial charge on any atom is 0.319 e. The largest absolute Gasteiger partial charge is 0.497 e. The summed E-state index contributed by atoms with van der Waals surface area (Å²) in [5, 5.41) is 6.88. The Labute approximate surface area is 187 Å². The van der Waals surface area contributed by atoms with Crippen LogP contribution in [-0.2, 0) is 13.0 Å². The van der Waals surface area contributed by atoms with Crippen LogP contribution < -0.4 is 15.4 Å². The second-order valence-corrected chi connectivity index (χ2v) is 8.14. The van der Waals surface area contributed by atoms with E-state index in [0.29, 0.717) is 24.8 Å². The number of nitrogens with zero attached hydrogens (tertiary/aromatic N) is 2. The van der Waals surface area contributed by atoms with E-state index in [1.165, 1.54) is 5.52 Å². The molecular formula is C25H28N4O3. The van der Waals surface area contributed by atoms with Gasteiger partial charge in [-0.15, -0.1) is 0 Å². The highest BCUT2D eigenvalue weighted by Gasteiger charge is 2.09. The number of aromatic nitrogens is 2. The Bertz CT molecular complexity index is 1190. The van der Waals surface area contributed by atoms with Gasteiger partial charge in [0.15, 0.2) is 0 Å². The fourth-order valence-electron chi connectivity index (χ4n) is 3.60. The van der Waals surface area contributed by atoms with E-state index in [9.17, 15) is 4.79 Å². The summed E-state index contributed by atoms with van der Waals surface area (Å²) in [6, 6.07) is 15.3. The third kappa shape index (κ3) is 5.11. The zero-order chi connectivity index (χ0) is 22.5. The molecule has 0 spiro atoms. The van der Waals surface area contributed by atoms with Gasteiger partial charge in [0.05, 0.1) is 12.8 Å². The number of anilines is 1. The number of hydrogen-bond acceptors (Lipinski definition) is 4. The lowest BCUT2D eigenvalue weighted by Crippen LogP contribution is -2.30. The molecule has 2 heterocycles. The molecule has 7 nitrogen and oxygen atoms in total. The minimum absolute atomic E-state index is 0.246. The zero-order valence-electron chi connectivity index (χ0n) is 18.6. The van der Waals surface area contributed by atoms with Gasteiger partial charge in [0.1, 0.15) is 12.0 Å². The number of oxazole rings is 1. The van der Waals surface area contributed by atoms with Crippen LogP contribution in [0.1, 0.15) is 19.5 Å². The van der Waals surface area contributed by atoms with Crippen molar-refractivity contribution in [2.24, 2.45) is 5.92 Å². The summed E-state index contributed by atoms with van der Waals surface area (Å²) in [5.41, 5.74) is 3.59. The molecule has 4 rings (SSSR count). The van der Waals surface area contributed by atoms with Gasteiger partial charge in [-0.1, -0.05) is 13.8 Å². The Kier molecular flexibility index (Phi) is 6.44. The third-order valence-electron chi connectivity index (χ3n) is 5.15. The average molecular weight is 433 g/mol. The summed E-state index contributed by atoms with van der Waals surface area (Å²) < 4.78 is 13.0. The van der Waals surface area contributed by atoms with Gasteiger partial charge in [-0.2, -0.15) is 0 Å². The standard InChI is InChI=1S/C25H28N4O3/c1-17(2)15-29-13-11-19-14-20(6-9-23(19)29)28-25(30)26-12-10-21-16-32-24(27-21)18-4-7-22(31-3)8-5-18/h4-9,11,13-14,16-17H,10,12,15H2,1-3H3,(H2,26,28,30). The molecule has 0 saturated carbocycles. The molecule has 0 aliphatic heterocycles. The monoisotopic (exact) mass is 432 g/mol. The van der Waals surface area contributed by atoms with Gasteiger partial charge in [-0.05, 0) is 54.4 Å². The van der Waals surface area contributed by atoms with Gasteiger partial charge in [0.2, 0.25) is 5.89 Å². The van der Waals surface area contributed by atoms with Crippen molar-refractivity contribution in [1.29, 1.82) is 0 Å². The van der Waals surface area contributed by atoms with Crippen LogP contribution in [0.2, 0.25) is 0 Å². The number of rotatable bonds is 8. The van der Waals surface area contributed by atoms with Crippen molar-refractivity contribution < 1.29 is 13.9 Å². The molecule has 2 aromatic heterocycles. The van der Waals surface area contributed by atoms with Crippen molar-refractivity contribution >= 4 is 22.6 Å². The van der Waals surface area contributed by atoms with Crippen LogP contribution in [-0.4, -0.2) is 29.2 Å². The summed E-state index contributed by atoms with van der Waals surface area (Å²) in [4.78, 5) is 16.8. The molecule has 2 amide bonds. The number of hydrogen-bond donors (Lipinski definition) is 2. The van der Waals surface area contributed by atoms with E-state index in [0.717, 1.165) is 34.6 Å².